The predicted octanol–water partition coefficient (Wildman–Crippen LogP) is 3.18. The fraction of sp³-hybridized carbons (Fsp3) is 0.971. The smallest absolute Gasteiger partial charge is 0.220 e. The molecule has 4 aliphatic rings. The van der Waals surface area contributed by atoms with Crippen molar-refractivity contribution in [2.24, 2.45) is 52.1 Å². The molecule has 0 aromatic rings. The number of amides is 1. The van der Waals surface area contributed by atoms with Crippen molar-refractivity contribution in [3.05, 3.63) is 0 Å². The number of nitrogens with two attached hydrogens (primary N) is 1. The van der Waals surface area contributed by atoms with E-state index in [0.717, 1.165) is 110 Å². The quantitative estimate of drug-likeness (QED) is 0.137. The van der Waals surface area contributed by atoms with Crippen molar-refractivity contribution in [2.45, 2.75) is 123 Å². The van der Waals surface area contributed by atoms with Crippen LogP contribution in [0, 0.1) is 46.3 Å². The molecule has 0 spiro atoms. The lowest BCUT2D eigenvalue weighted by molar-refractivity contribution is -0.207. The van der Waals surface area contributed by atoms with Gasteiger partial charge in [-0.15, -0.1) is 0 Å². The first-order valence-corrected chi connectivity index (χ1v) is 17.5. The highest BCUT2D eigenvalue weighted by molar-refractivity contribution is 5.75. The summed E-state index contributed by atoms with van der Waals surface area (Å²) >= 11 is 0. The molecule has 4 aliphatic carbocycles. The maximum absolute atomic E-state index is 12.6. The minimum absolute atomic E-state index is 0.102. The van der Waals surface area contributed by atoms with Gasteiger partial charge in [-0.25, -0.2) is 0 Å². The van der Waals surface area contributed by atoms with Gasteiger partial charge in [-0.1, -0.05) is 20.8 Å². The predicted molar refractivity (Wildman–Crippen MR) is 169 cm³/mol. The van der Waals surface area contributed by atoms with E-state index in [4.69, 9.17) is 5.73 Å². The van der Waals surface area contributed by atoms with Gasteiger partial charge in [0.05, 0.1) is 18.3 Å². The summed E-state index contributed by atoms with van der Waals surface area (Å²) in [6, 6.07) is 0. The van der Waals surface area contributed by atoms with Gasteiger partial charge in [0.25, 0.3) is 0 Å². The minimum Gasteiger partial charge on any atom is -0.393 e. The van der Waals surface area contributed by atoms with E-state index in [1.54, 1.807) is 0 Å². The molecule has 8 nitrogen and oxygen atoms in total. The molecule has 244 valence electrons. The van der Waals surface area contributed by atoms with Crippen molar-refractivity contribution in [3.8, 4) is 0 Å². The zero-order chi connectivity index (χ0) is 30.3. The van der Waals surface area contributed by atoms with Crippen molar-refractivity contribution in [1.82, 2.24) is 16.0 Å². The second kappa shape index (κ2) is 15.5. The Bertz CT molecular complexity index is 846. The van der Waals surface area contributed by atoms with Gasteiger partial charge in [-0.05, 0) is 156 Å². The number of fused-ring (bicyclic) bond motifs is 5. The minimum atomic E-state index is -0.373. The van der Waals surface area contributed by atoms with Gasteiger partial charge in [-0.3, -0.25) is 4.79 Å². The molecule has 0 radical (unpaired) electrons. The van der Waals surface area contributed by atoms with Gasteiger partial charge < -0.3 is 37.0 Å². The first-order valence-electron chi connectivity index (χ1n) is 17.5. The summed E-state index contributed by atoms with van der Waals surface area (Å²) in [6.07, 6.45) is 11.0. The van der Waals surface area contributed by atoms with Gasteiger partial charge in [0, 0.05) is 13.0 Å². The van der Waals surface area contributed by atoms with Crippen molar-refractivity contribution in [2.75, 3.05) is 39.3 Å². The van der Waals surface area contributed by atoms with E-state index < -0.39 is 0 Å². The molecule has 0 heterocycles. The fourth-order valence-corrected chi connectivity index (χ4v) is 10.2. The number of aliphatic hydroxyl groups excluding tert-OH is 3. The Morgan fingerprint density at radius 1 is 0.881 bits per heavy atom. The Morgan fingerprint density at radius 2 is 1.57 bits per heavy atom. The van der Waals surface area contributed by atoms with Gasteiger partial charge in [-0.2, -0.15) is 0 Å². The first-order chi connectivity index (χ1) is 20.1. The normalized spacial score (nSPS) is 40.2. The zero-order valence-corrected chi connectivity index (χ0v) is 27.0. The molecule has 1 amide bonds. The van der Waals surface area contributed by atoms with Crippen LogP contribution in [0.25, 0.3) is 0 Å². The van der Waals surface area contributed by atoms with Gasteiger partial charge >= 0.3 is 0 Å². The number of hydrogen-bond donors (Lipinski definition) is 7. The number of hydrogen-bond acceptors (Lipinski definition) is 7. The molecule has 8 N–H and O–H groups in total. The highest BCUT2D eigenvalue weighted by Gasteiger charge is 2.65. The summed E-state index contributed by atoms with van der Waals surface area (Å²) in [7, 11) is 0. The molecule has 4 unspecified atom stereocenters. The third-order valence-electron chi connectivity index (χ3n) is 12.7. The lowest BCUT2D eigenvalue weighted by Crippen LogP contribution is -2.62. The number of carbonyl (C=O) groups excluding carboxylic acids is 1. The van der Waals surface area contributed by atoms with E-state index in [-0.39, 0.29) is 41.0 Å². The Balaban J connectivity index is 1.18. The van der Waals surface area contributed by atoms with Crippen LogP contribution >= 0.6 is 0 Å². The van der Waals surface area contributed by atoms with Crippen LogP contribution in [0.15, 0.2) is 0 Å². The molecule has 4 rings (SSSR count). The standard InChI is InChI=1S/C34H64N4O4/c1-23(8-11-31(42)38-19-7-18-37-16-5-4-15-36-17-6-14-35)26-9-10-27-32-28(22-30(41)34(26,27)3)33(2)13-12-25(39)20-24(33)21-29(32)40/h23-30,32,36-37,39-41H,4-22,35H2,1-3H3,(H,38,42)/t23?,24-,25+,26+,27?,28?,29+,30-,32?,33-,34+/m0/s1. The van der Waals surface area contributed by atoms with E-state index in [0.29, 0.717) is 42.6 Å². The third kappa shape index (κ3) is 7.54. The summed E-state index contributed by atoms with van der Waals surface area (Å²) < 4.78 is 0. The van der Waals surface area contributed by atoms with E-state index in [1.807, 2.05) is 0 Å². The maximum atomic E-state index is 12.6. The average molecular weight is 593 g/mol. The molecule has 0 saturated heterocycles. The Morgan fingerprint density at radius 3 is 2.29 bits per heavy atom. The second-order valence-corrected chi connectivity index (χ2v) is 15.1. The summed E-state index contributed by atoms with van der Waals surface area (Å²) in [4.78, 5) is 12.6. The molecule has 0 aliphatic heterocycles. The topological polar surface area (TPSA) is 140 Å². The van der Waals surface area contributed by atoms with Crippen LogP contribution in [0.4, 0.5) is 0 Å². The van der Waals surface area contributed by atoms with Crippen LogP contribution in [-0.2, 0) is 4.79 Å². The van der Waals surface area contributed by atoms with Crippen molar-refractivity contribution in [1.29, 1.82) is 0 Å². The van der Waals surface area contributed by atoms with Crippen molar-refractivity contribution >= 4 is 5.91 Å². The van der Waals surface area contributed by atoms with Crippen molar-refractivity contribution in [3.63, 3.8) is 0 Å². The summed E-state index contributed by atoms with van der Waals surface area (Å²) in [5, 5.41) is 43.6. The van der Waals surface area contributed by atoms with Gasteiger partial charge in [0.1, 0.15) is 0 Å². The Labute approximate surface area is 255 Å². The molecular formula is C34H64N4O4. The van der Waals surface area contributed by atoms with Crippen LogP contribution in [0.2, 0.25) is 0 Å². The largest absolute Gasteiger partial charge is 0.393 e. The molecular weight excluding hydrogens is 528 g/mol. The lowest BCUT2D eigenvalue weighted by Gasteiger charge is -2.63. The van der Waals surface area contributed by atoms with Crippen molar-refractivity contribution < 1.29 is 20.1 Å². The zero-order valence-electron chi connectivity index (χ0n) is 27.0. The number of unbranched alkanes of at least 4 members (excludes halogenated alkanes) is 1. The average Bonchev–Trinajstić information content (AvgIpc) is 3.32. The molecule has 8 heteroatoms. The van der Waals surface area contributed by atoms with Crippen LogP contribution in [-0.4, -0.2) is 78.8 Å². The first kappa shape index (κ1) is 34.1. The van der Waals surface area contributed by atoms with Crippen LogP contribution < -0.4 is 21.7 Å². The van der Waals surface area contributed by atoms with Gasteiger partial charge in [0.2, 0.25) is 5.91 Å². The molecule has 0 aromatic heterocycles. The number of carbonyl (C=O) groups is 1. The highest BCUT2D eigenvalue weighted by atomic mass is 16.3. The van der Waals surface area contributed by atoms with Crippen LogP contribution in [0.5, 0.6) is 0 Å². The maximum Gasteiger partial charge on any atom is 0.220 e. The number of nitrogens with one attached hydrogen (secondary N) is 3. The Hall–Kier alpha value is -0.770. The highest BCUT2D eigenvalue weighted by Crippen LogP contribution is 2.68. The summed E-state index contributed by atoms with van der Waals surface area (Å²) in [6.45, 7) is 12.4. The molecule has 0 bridgehead atoms. The van der Waals surface area contributed by atoms with E-state index in [2.05, 4.69) is 36.7 Å². The molecule has 4 fully saturated rings. The third-order valence-corrected chi connectivity index (χ3v) is 12.7. The van der Waals surface area contributed by atoms with E-state index >= 15 is 0 Å². The lowest BCUT2D eigenvalue weighted by atomic mass is 9.43. The Kier molecular flexibility index (Phi) is 12.6. The fourth-order valence-electron chi connectivity index (χ4n) is 10.2. The van der Waals surface area contributed by atoms with Crippen LogP contribution in [0.3, 0.4) is 0 Å². The summed E-state index contributed by atoms with van der Waals surface area (Å²) in [5.74, 6) is 2.10. The summed E-state index contributed by atoms with van der Waals surface area (Å²) in [5.41, 5.74) is 5.40. The SMILES string of the molecule is CC(CCC(=O)NCCCNCCCCNCCCN)[C@H]1CCC2C3C(C[C@H](O)[C@@]21C)[C@@]1(C)CC[C@@H](O)C[C@H]1C[C@H]3O. The molecule has 11 atom stereocenters. The van der Waals surface area contributed by atoms with Gasteiger partial charge in [0.15, 0.2) is 0 Å². The van der Waals surface area contributed by atoms with E-state index in [1.165, 1.54) is 0 Å². The van der Waals surface area contributed by atoms with E-state index in [9.17, 15) is 20.1 Å². The second-order valence-electron chi connectivity index (χ2n) is 15.1. The number of aliphatic hydroxyl groups is 3. The molecule has 0 aromatic carbocycles. The molecule has 4 saturated carbocycles. The monoisotopic (exact) mass is 592 g/mol. The van der Waals surface area contributed by atoms with Crippen LogP contribution in [0.1, 0.15) is 104 Å². The number of rotatable bonds is 16. The molecule has 42 heavy (non-hydrogen) atoms.